The molecule has 0 N–H and O–H groups in total. The highest BCUT2D eigenvalue weighted by Gasteiger charge is 2.29. The fourth-order valence-electron chi connectivity index (χ4n) is 2.62. The van der Waals surface area contributed by atoms with Crippen molar-refractivity contribution in [3.8, 4) is 0 Å². The first-order valence-electron chi connectivity index (χ1n) is 6.27. The van der Waals surface area contributed by atoms with Gasteiger partial charge in [0.2, 0.25) is 0 Å². The fourth-order valence-corrected chi connectivity index (χ4v) is 2.62. The molecule has 1 nitrogen and oxygen atoms in total. The molecular formula is C15H25N. The van der Waals surface area contributed by atoms with Gasteiger partial charge in [-0.25, -0.2) is 0 Å². The summed E-state index contributed by atoms with van der Waals surface area (Å²) in [6, 6.07) is 6.86. The fraction of sp³-hybridized carbons (Fsp3) is 0.600. The molecule has 0 saturated heterocycles. The van der Waals surface area contributed by atoms with Crippen LogP contribution in [0, 0.1) is 6.92 Å². The molecule has 0 aliphatic carbocycles. The SMILES string of the molecule is CC.Cc1ccc2c(c1)CN(C)CC2(C)C. The van der Waals surface area contributed by atoms with E-state index in [0.29, 0.717) is 5.41 Å². The predicted octanol–water partition coefficient (Wildman–Crippen LogP) is 3.74. The average Bonchev–Trinajstić information content (AvgIpc) is 2.18. The van der Waals surface area contributed by atoms with Crippen molar-refractivity contribution < 1.29 is 0 Å². The first-order valence-corrected chi connectivity index (χ1v) is 6.27. The van der Waals surface area contributed by atoms with Crippen LogP contribution >= 0.6 is 0 Å². The third kappa shape index (κ3) is 2.65. The average molecular weight is 219 g/mol. The first-order chi connectivity index (χ1) is 7.49. The molecule has 0 unspecified atom stereocenters. The minimum atomic E-state index is 0.302. The van der Waals surface area contributed by atoms with Crippen molar-refractivity contribution in [1.82, 2.24) is 4.90 Å². The molecule has 0 amide bonds. The van der Waals surface area contributed by atoms with Crippen molar-refractivity contribution >= 4 is 0 Å². The third-order valence-corrected chi connectivity index (χ3v) is 3.10. The van der Waals surface area contributed by atoms with Crippen molar-refractivity contribution in [2.45, 2.75) is 46.6 Å². The number of hydrogen-bond donors (Lipinski definition) is 0. The smallest absolute Gasteiger partial charge is 0.0234 e. The van der Waals surface area contributed by atoms with E-state index in [9.17, 15) is 0 Å². The second kappa shape index (κ2) is 5.01. The van der Waals surface area contributed by atoms with E-state index in [1.165, 1.54) is 16.7 Å². The van der Waals surface area contributed by atoms with Gasteiger partial charge >= 0.3 is 0 Å². The van der Waals surface area contributed by atoms with Crippen LogP contribution in [0.3, 0.4) is 0 Å². The van der Waals surface area contributed by atoms with E-state index < -0.39 is 0 Å². The Bertz CT molecular complexity index is 352. The molecule has 1 aliphatic rings. The lowest BCUT2D eigenvalue weighted by atomic mass is 9.78. The Hall–Kier alpha value is -0.820. The van der Waals surface area contributed by atoms with Crippen LogP contribution in [0.1, 0.15) is 44.4 Å². The lowest BCUT2D eigenvalue weighted by molar-refractivity contribution is 0.235. The Morgan fingerprint density at radius 3 is 2.44 bits per heavy atom. The summed E-state index contributed by atoms with van der Waals surface area (Å²) in [6.07, 6.45) is 0. The molecule has 0 atom stereocenters. The summed E-state index contributed by atoms with van der Waals surface area (Å²) < 4.78 is 0. The van der Waals surface area contributed by atoms with Crippen molar-refractivity contribution in [2.75, 3.05) is 13.6 Å². The van der Waals surface area contributed by atoms with Gasteiger partial charge in [0.1, 0.15) is 0 Å². The number of aryl methyl sites for hydroxylation is 1. The maximum Gasteiger partial charge on any atom is 0.0234 e. The normalized spacial score (nSPS) is 18.4. The zero-order chi connectivity index (χ0) is 12.3. The molecular weight excluding hydrogens is 194 g/mol. The summed E-state index contributed by atoms with van der Waals surface area (Å²) in [5, 5.41) is 0. The van der Waals surface area contributed by atoms with Gasteiger partial charge in [-0.15, -0.1) is 0 Å². The van der Waals surface area contributed by atoms with Gasteiger partial charge in [-0.3, -0.25) is 0 Å². The minimum Gasteiger partial charge on any atom is -0.301 e. The molecule has 0 saturated carbocycles. The number of benzene rings is 1. The van der Waals surface area contributed by atoms with Crippen molar-refractivity contribution in [1.29, 1.82) is 0 Å². The monoisotopic (exact) mass is 219 g/mol. The summed E-state index contributed by atoms with van der Waals surface area (Å²) in [6.45, 7) is 13.1. The molecule has 0 bridgehead atoms. The van der Waals surface area contributed by atoms with Gasteiger partial charge in [-0.2, -0.15) is 0 Å². The largest absolute Gasteiger partial charge is 0.301 e. The maximum atomic E-state index is 2.40. The molecule has 1 aromatic carbocycles. The van der Waals surface area contributed by atoms with Gasteiger partial charge in [0.25, 0.3) is 0 Å². The van der Waals surface area contributed by atoms with E-state index >= 15 is 0 Å². The summed E-state index contributed by atoms with van der Waals surface area (Å²) in [5.74, 6) is 0. The molecule has 1 aliphatic heterocycles. The van der Waals surface area contributed by atoms with Crippen LogP contribution in [0.15, 0.2) is 18.2 Å². The van der Waals surface area contributed by atoms with Crippen LogP contribution in [0.25, 0.3) is 0 Å². The van der Waals surface area contributed by atoms with Crippen molar-refractivity contribution in [2.24, 2.45) is 0 Å². The van der Waals surface area contributed by atoms with Crippen molar-refractivity contribution in [3.63, 3.8) is 0 Å². The first kappa shape index (κ1) is 13.2. The summed E-state index contributed by atoms with van der Waals surface area (Å²) in [4.78, 5) is 2.40. The molecule has 1 aromatic rings. The molecule has 0 fully saturated rings. The van der Waals surface area contributed by atoms with E-state index in [2.05, 4.69) is 50.9 Å². The summed E-state index contributed by atoms with van der Waals surface area (Å²) in [5.41, 5.74) is 4.70. The Labute approximate surface area is 100 Å². The highest BCUT2D eigenvalue weighted by molar-refractivity contribution is 5.38. The highest BCUT2D eigenvalue weighted by Crippen LogP contribution is 2.32. The molecule has 1 heteroatoms. The Morgan fingerprint density at radius 2 is 1.81 bits per heavy atom. The Kier molecular flexibility index (Phi) is 4.15. The molecule has 0 radical (unpaired) electrons. The summed E-state index contributed by atoms with van der Waals surface area (Å²) >= 11 is 0. The van der Waals surface area contributed by atoms with Crippen LogP contribution in [-0.2, 0) is 12.0 Å². The van der Waals surface area contributed by atoms with E-state index in [-0.39, 0.29) is 0 Å². The lowest BCUT2D eigenvalue weighted by Gasteiger charge is -2.38. The minimum absolute atomic E-state index is 0.302. The molecule has 16 heavy (non-hydrogen) atoms. The highest BCUT2D eigenvalue weighted by atomic mass is 15.1. The van der Waals surface area contributed by atoms with Crippen LogP contribution in [0.4, 0.5) is 0 Å². The van der Waals surface area contributed by atoms with Crippen LogP contribution in [-0.4, -0.2) is 18.5 Å². The van der Waals surface area contributed by atoms with E-state index in [1.807, 2.05) is 13.8 Å². The maximum absolute atomic E-state index is 2.40. The topological polar surface area (TPSA) is 3.24 Å². The lowest BCUT2D eigenvalue weighted by Crippen LogP contribution is -2.39. The zero-order valence-electron chi connectivity index (χ0n) is 11.6. The number of hydrogen-bond acceptors (Lipinski definition) is 1. The number of fused-ring (bicyclic) bond motifs is 1. The molecule has 1 heterocycles. The van der Waals surface area contributed by atoms with Gasteiger partial charge in [0, 0.05) is 18.5 Å². The van der Waals surface area contributed by atoms with Crippen molar-refractivity contribution in [3.05, 3.63) is 34.9 Å². The Balaban J connectivity index is 0.000000606. The van der Waals surface area contributed by atoms with E-state index in [0.717, 1.165) is 13.1 Å². The number of nitrogens with zero attached hydrogens (tertiary/aromatic N) is 1. The molecule has 90 valence electrons. The Morgan fingerprint density at radius 1 is 1.19 bits per heavy atom. The van der Waals surface area contributed by atoms with Crippen LogP contribution in [0.5, 0.6) is 0 Å². The molecule has 2 rings (SSSR count). The summed E-state index contributed by atoms with van der Waals surface area (Å²) in [7, 11) is 2.20. The second-order valence-electron chi connectivity index (χ2n) is 5.22. The predicted molar refractivity (Wildman–Crippen MR) is 71.9 cm³/mol. The van der Waals surface area contributed by atoms with Gasteiger partial charge in [0.05, 0.1) is 0 Å². The van der Waals surface area contributed by atoms with Crippen LogP contribution < -0.4 is 0 Å². The second-order valence-corrected chi connectivity index (χ2v) is 5.22. The number of likely N-dealkylation sites (N-methyl/N-ethyl adjacent to an activating group) is 1. The van der Waals surface area contributed by atoms with Gasteiger partial charge in [-0.1, -0.05) is 51.5 Å². The van der Waals surface area contributed by atoms with Gasteiger partial charge in [0.15, 0.2) is 0 Å². The standard InChI is InChI=1S/C13H19N.C2H6/c1-10-5-6-12-11(7-10)8-14(4)9-13(12,2)3;1-2/h5-7H,8-9H2,1-4H3;1-2H3. The molecule has 0 spiro atoms. The molecule has 0 aromatic heterocycles. The van der Waals surface area contributed by atoms with Gasteiger partial charge in [-0.05, 0) is 25.1 Å². The quantitative estimate of drug-likeness (QED) is 0.642. The van der Waals surface area contributed by atoms with Gasteiger partial charge < -0.3 is 4.90 Å². The third-order valence-electron chi connectivity index (χ3n) is 3.10. The van der Waals surface area contributed by atoms with Crippen LogP contribution in [0.2, 0.25) is 0 Å². The zero-order valence-corrected chi connectivity index (χ0v) is 11.6. The van der Waals surface area contributed by atoms with E-state index in [4.69, 9.17) is 0 Å². The van der Waals surface area contributed by atoms with E-state index in [1.54, 1.807) is 0 Å². The number of rotatable bonds is 0.